The van der Waals surface area contributed by atoms with Crippen molar-refractivity contribution in [3.8, 4) is 0 Å². The Morgan fingerprint density at radius 2 is 1.93 bits per heavy atom. The lowest BCUT2D eigenvalue weighted by Crippen LogP contribution is -2.44. The number of amides is 2. The maximum absolute atomic E-state index is 11.3. The molecule has 0 radical (unpaired) electrons. The minimum atomic E-state index is -0.755. The quantitative estimate of drug-likeness (QED) is 0.449. The van der Waals surface area contributed by atoms with Crippen molar-refractivity contribution in [3.05, 3.63) is 0 Å². The topological polar surface area (TPSA) is 89.9 Å². The van der Waals surface area contributed by atoms with Crippen molar-refractivity contribution in [1.82, 2.24) is 10.2 Å². The minimum absolute atomic E-state index is 0.0568. The van der Waals surface area contributed by atoms with Gasteiger partial charge in [0, 0.05) is 19.6 Å². The average Bonchev–Trinajstić information content (AvgIpc) is 2.21. The summed E-state index contributed by atoms with van der Waals surface area (Å²) in [6, 6.07) is 0. The molecule has 0 aromatic rings. The van der Waals surface area contributed by atoms with Crippen molar-refractivity contribution in [2.75, 3.05) is 32.8 Å². The second kappa shape index (κ2) is 7.28. The lowest BCUT2D eigenvalue weighted by atomic mass is 10.4. The van der Waals surface area contributed by atoms with E-state index in [1.54, 1.807) is 6.92 Å². The Morgan fingerprint density at radius 3 is 2.36 bits per heavy atom. The zero-order valence-corrected chi connectivity index (χ0v) is 8.19. The van der Waals surface area contributed by atoms with E-state index >= 15 is 0 Å². The molecule has 0 spiro atoms. The van der Waals surface area contributed by atoms with Crippen LogP contribution in [-0.2, 0) is 9.59 Å². The van der Waals surface area contributed by atoms with E-state index in [2.05, 4.69) is 5.32 Å². The molecular weight excluding hydrogens is 188 g/mol. The van der Waals surface area contributed by atoms with Crippen LogP contribution in [0.2, 0.25) is 0 Å². The highest BCUT2D eigenvalue weighted by Crippen LogP contribution is 1.88. The van der Waals surface area contributed by atoms with Gasteiger partial charge in [0.15, 0.2) is 0 Å². The lowest BCUT2D eigenvalue weighted by molar-refractivity contribution is -0.146. The number of likely N-dealkylation sites (N-methyl/N-ethyl adjacent to an activating group) is 1. The smallest absolute Gasteiger partial charge is 0.311 e. The van der Waals surface area contributed by atoms with Crippen LogP contribution in [0.15, 0.2) is 0 Å². The highest BCUT2D eigenvalue weighted by molar-refractivity contribution is 6.34. The molecule has 0 aliphatic carbocycles. The number of nitrogens with zero attached hydrogens (tertiary/aromatic N) is 1. The molecule has 0 fully saturated rings. The van der Waals surface area contributed by atoms with E-state index < -0.39 is 11.8 Å². The minimum Gasteiger partial charge on any atom is -0.395 e. The summed E-state index contributed by atoms with van der Waals surface area (Å²) in [5.41, 5.74) is 0. The van der Waals surface area contributed by atoms with Crippen LogP contribution < -0.4 is 5.32 Å². The van der Waals surface area contributed by atoms with Gasteiger partial charge >= 0.3 is 11.8 Å². The fourth-order valence-corrected chi connectivity index (χ4v) is 0.913. The fourth-order valence-electron chi connectivity index (χ4n) is 0.913. The number of aliphatic hydroxyl groups excluding tert-OH is 2. The summed E-state index contributed by atoms with van der Waals surface area (Å²) in [7, 11) is 0. The molecule has 0 rings (SSSR count). The zero-order valence-electron chi connectivity index (χ0n) is 8.19. The highest BCUT2D eigenvalue weighted by atomic mass is 16.3. The normalized spacial score (nSPS) is 9.64. The number of hydrogen-bond acceptors (Lipinski definition) is 4. The monoisotopic (exact) mass is 204 g/mol. The predicted octanol–water partition coefficient (Wildman–Crippen LogP) is -2.06. The van der Waals surface area contributed by atoms with Gasteiger partial charge in [-0.15, -0.1) is 0 Å². The fraction of sp³-hybridized carbons (Fsp3) is 0.750. The number of rotatable bonds is 5. The van der Waals surface area contributed by atoms with Crippen LogP contribution in [0.3, 0.4) is 0 Å². The van der Waals surface area contributed by atoms with Gasteiger partial charge in [0.05, 0.1) is 13.2 Å². The molecule has 3 N–H and O–H groups in total. The summed E-state index contributed by atoms with van der Waals surface area (Å²) in [6.45, 7) is 1.90. The van der Waals surface area contributed by atoms with Crippen molar-refractivity contribution < 1.29 is 19.8 Å². The number of aliphatic hydroxyl groups is 2. The second-order valence-electron chi connectivity index (χ2n) is 2.59. The van der Waals surface area contributed by atoms with Crippen molar-refractivity contribution in [2.24, 2.45) is 0 Å². The molecule has 0 aliphatic rings. The lowest BCUT2D eigenvalue weighted by Gasteiger charge is -2.18. The van der Waals surface area contributed by atoms with Gasteiger partial charge in [-0.05, 0) is 6.92 Å². The molecular formula is C8H16N2O4. The summed E-state index contributed by atoms with van der Waals surface area (Å²) in [6.07, 6.45) is 0. The van der Waals surface area contributed by atoms with Gasteiger partial charge in [0.1, 0.15) is 0 Å². The van der Waals surface area contributed by atoms with Crippen molar-refractivity contribution in [2.45, 2.75) is 6.92 Å². The van der Waals surface area contributed by atoms with Gasteiger partial charge in [-0.3, -0.25) is 9.59 Å². The zero-order chi connectivity index (χ0) is 11.0. The third-order valence-corrected chi connectivity index (χ3v) is 1.63. The summed E-state index contributed by atoms with van der Waals surface area (Å²) in [5.74, 6) is -1.44. The van der Waals surface area contributed by atoms with E-state index in [0.717, 1.165) is 0 Å². The van der Waals surface area contributed by atoms with Crippen LogP contribution >= 0.6 is 0 Å². The van der Waals surface area contributed by atoms with Gasteiger partial charge in [0.25, 0.3) is 0 Å². The maximum Gasteiger partial charge on any atom is 0.311 e. The Morgan fingerprint density at radius 1 is 1.29 bits per heavy atom. The second-order valence-corrected chi connectivity index (χ2v) is 2.59. The molecule has 0 bridgehead atoms. The van der Waals surface area contributed by atoms with Gasteiger partial charge in [-0.1, -0.05) is 0 Å². The van der Waals surface area contributed by atoms with E-state index in [0.29, 0.717) is 6.54 Å². The molecule has 2 amide bonds. The van der Waals surface area contributed by atoms with Crippen LogP contribution in [0.4, 0.5) is 0 Å². The Hall–Kier alpha value is -1.14. The van der Waals surface area contributed by atoms with Gasteiger partial charge in [0.2, 0.25) is 0 Å². The number of carbonyl (C=O) groups excluding carboxylic acids is 2. The predicted molar refractivity (Wildman–Crippen MR) is 49.4 cm³/mol. The van der Waals surface area contributed by atoms with Crippen LogP contribution in [0, 0.1) is 0 Å². The van der Waals surface area contributed by atoms with Crippen LogP contribution in [-0.4, -0.2) is 59.8 Å². The maximum atomic E-state index is 11.3. The van der Waals surface area contributed by atoms with Crippen LogP contribution in [0.25, 0.3) is 0 Å². The standard InChI is InChI=1S/C8H16N2O4/c1-2-10(4-6-12)8(14)7(13)9-3-5-11/h11-12H,2-6H2,1H3,(H,9,13). The van der Waals surface area contributed by atoms with Crippen molar-refractivity contribution in [1.29, 1.82) is 0 Å². The number of hydrogen-bond donors (Lipinski definition) is 3. The molecule has 0 aromatic carbocycles. The molecule has 82 valence electrons. The Kier molecular flexibility index (Phi) is 6.69. The molecule has 6 nitrogen and oxygen atoms in total. The van der Waals surface area contributed by atoms with E-state index in [1.807, 2.05) is 0 Å². The summed E-state index contributed by atoms with van der Waals surface area (Å²) in [4.78, 5) is 23.6. The van der Waals surface area contributed by atoms with E-state index in [1.165, 1.54) is 4.90 Å². The molecule has 0 heterocycles. The SMILES string of the molecule is CCN(CCO)C(=O)C(=O)NCCO. The first-order valence-electron chi connectivity index (χ1n) is 4.46. The first-order chi connectivity index (χ1) is 6.67. The highest BCUT2D eigenvalue weighted by Gasteiger charge is 2.18. The molecule has 0 aliphatic heterocycles. The van der Waals surface area contributed by atoms with Crippen LogP contribution in [0.1, 0.15) is 6.92 Å². The first kappa shape index (κ1) is 12.9. The molecule has 0 saturated carbocycles. The van der Waals surface area contributed by atoms with Gasteiger partial charge in [-0.2, -0.15) is 0 Å². The van der Waals surface area contributed by atoms with Crippen LogP contribution in [0.5, 0.6) is 0 Å². The molecule has 0 saturated heterocycles. The van der Waals surface area contributed by atoms with Gasteiger partial charge < -0.3 is 20.4 Å². The van der Waals surface area contributed by atoms with Gasteiger partial charge in [-0.25, -0.2) is 0 Å². The van der Waals surface area contributed by atoms with Crippen molar-refractivity contribution in [3.63, 3.8) is 0 Å². The molecule has 6 heteroatoms. The molecule has 0 atom stereocenters. The average molecular weight is 204 g/mol. The molecule has 0 aromatic heterocycles. The number of nitrogens with one attached hydrogen (secondary N) is 1. The number of carbonyl (C=O) groups is 2. The molecule has 0 unspecified atom stereocenters. The Balaban J connectivity index is 4.06. The third-order valence-electron chi connectivity index (χ3n) is 1.63. The molecule has 14 heavy (non-hydrogen) atoms. The largest absolute Gasteiger partial charge is 0.395 e. The summed E-state index contributed by atoms with van der Waals surface area (Å²) < 4.78 is 0. The first-order valence-corrected chi connectivity index (χ1v) is 4.46. The van der Waals surface area contributed by atoms with E-state index in [9.17, 15) is 9.59 Å². The third kappa shape index (κ3) is 4.20. The summed E-state index contributed by atoms with van der Waals surface area (Å²) in [5, 5.41) is 19.3. The Bertz CT molecular complexity index is 196. The Labute approximate surface area is 82.5 Å². The van der Waals surface area contributed by atoms with Crippen molar-refractivity contribution >= 4 is 11.8 Å². The van der Waals surface area contributed by atoms with E-state index in [-0.39, 0.29) is 26.3 Å². The van der Waals surface area contributed by atoms with E-state index in [4.69, 9.17) is 10.2 Å². The summed E-state index contributed by atoms with van der Waals surface area (Å²) >= 11 is 0.